The van der Waals surface area contributed by atoms with Crippen LogP contribution in [0, 0.1) is 0 Å². The zero-order valence-corrected chi connectivity index (χ0v) is 24.6. The summed E-state index contributed by atoms with van der Waals surface area (Å²) >= 11 is 0. The molecule has 0 amide bonds. The molecule has 0 unspecified atom stereocenters. The molecule has 1 aliphatic heterocycles. The Kier molecular flexibility index (Phi) is 5.71. The number of nitrogens with zero attached hydrogens (tertiary/aromatic N) is 3. The van der Waals surface area contributed by atoms with Gasteiger partial charge in [0.15, 0.2) is 17.5 Å². The highest BCUT2D eigenvalue weighted by molar-refractivity contribution is 6.62. The first-order chi connectivity index (χ1) is 20.8. The molecule has 0 spiro atoms. The lowest BCUT2D eigenvalue weighted by molar-refractivity contribution is 0.00578. The third kappa shape index (κ3) is 4.29. The van der Waals surface area contributed by atoms with Crippen LogP contribution in [0.25, 0.3) is 66.5 Å². The third-order valence-electron chi connectivity index (χ3n) is 9.04. The maximum Gasteiger partial charge on any atom is 0.494 e. The van der Waals surface area contributed by atoms with E-state index in [0.717, 1.165) is 32.9 Å². The minimum atomic E-state index is -0.403. The Hall–Kier alpha value is -4.65. The lowest BCUT2D eigenvalue weighted by atomic mass is 9.76. The van der Waals surface area contributed by atoms with Crippen LogP contribution < -0.4 is 5.46 Å². The van der Waals surface area contributed by atoms with Crippen molar-refractivity contribution in [1.82, 2.24) is 15.0 Å². The van der Waals surface area contributed by atoms with Crippen molar-refractivity contribution in [3.05, 3.63) is 109 Å². The van der Waals surface area contributed by atoms with Gasteiger partial charge in [-0.05, 0) is 77.6 Å². The van der Waals surface area contributed by atoms with E-state index in [0.29, 0.717) is 17.5 Å². The average Bonchev–Trinajstić information content (AvgIpc) is 3.26. The van der Waals surface area contributed by atoms with Gasteiger partial charge in [-0.25, -0.2) is 15.0 Å². The fourth-order valence-electron chi connectivity index (χ4n) is 6.04. The predicted molar refractivity (Wildman–Crippen MR) is 176 cm³/mol. The SMILES string of the molecule is CC1(C)OB(c2cc3ccc4cc(-c5nc(-c6ccccc6)nc(-c6ccccc6)n5)cc5ccc(c2)c3c45)OC1(C)C. The van der Waals surface area contributed by atoms with Crippen molar-refractivity contribution in [2.24, 2.45) is 0 Å². The van der Waals surface area contributed by atoms with Crippen molar-refractivity contribution >= 4 is 44.9 Å². The van der Waals surface area contributed by atoms with Crippen LogP contribution in [0.4, 0.5) is 0 Å². The molecule has 0 bridgehead atoms. The second-order valence-electron chi connectivity index (χ2n) is 12.4. The van der Waals surface area contributed by atoms with Crippen molar-refractivity contribution in [2.45, 2.75) is 38.9 Å². The molecule has 0 aliphatic carbocycles. The highest BCUT2D eigenvalue weighted by atomic mass is 16.7. The quantitative estimate of drug-likeness (QED) is 0.161. The van der Waals surface area contributed by atoms with Crippen LogP contribution in [0.1, 0.15) is 27.7 Å². The molecule has 5 nitrogen and oxygen atoms in total. The van der Waals surface area contributed by atoms with Crippen molar-refractivity contribution in [2.75, 3.05) is 0 Å². The lowest BCUT2D eigenvalue weighted by Gasteiger charge is -2.32. The molecule has 0 atom stereocenters. The first-order valence-electron chi connectivity index (χ1n) is 14.7. The predicted octanol–water partition coefficient (Wildman–Crippen LogP) is 8.07. The van der Waals surface area contributed by atoms with Gasteiger partial charge in [0.2, 0.25) is 0 Å². The number of benzene rings is 6. The number of hydrogen-bond acceptors (Lipinski definition) is 5. The molecule has 1 aliphatic rings. The molecule has 0 saturated carbocycles. The topological polar surface area (TPSA) is 57.1 Å². The summed E-state index contributed by atoms with van der Waals surface area (Å²) in [6.45, 7) is 8.36. The molecule has 0 radical (unpaired) electrons. The van der Waals surface area contributed by atoms with Crippen LogP contribution >= 0.6 is 0 Å². The fourth-order valence-corrected chi connectivity index (χ4v) is 6.04. The first-order valence-corrected chi connectivity index (χ1v) is 14.7. The molecular formula is C37H30BN3O2. The molecule has 0 N–H and O–H groups in total. The van der Waals surface area contributed by atoms with Crippen LogP contribution in [0.15, 0.2) is 109 Å². The molecule has 6 aromatic carbocycles. The summed E-state index contributed by atoms with van der Waals surface area (Å²) in [5.74, 6) is 1.97. The summed E-state index contributed by atoms with van der Waals surface area (Å²) in [6.07, 6.45) is 0. The van der Waals surface area contributed by atoms with Crippen LogP contribution in [0.5, 0.6) is 0 Å². The number of rotatable bonds is 4. The Balaban J connectivity index is 1.27. The average molecular weight is 559 g/mol. The Labute approximate surface area is 251 Å². The summed E-state index contributed by atoms with van der Waals surface area (Å²) in [5.41, 5.74) is 3.14. The van der Waals surface area contributed by atoms with Gasteiger partial charge in [0.05, 0.1) is 11.2 Å². The fraction of sp³-hybridized carbons (Fsp3) is 0.162. The molecule has 8 rings (SSSR count). The number of hydrogen-bond donors (Lipinski definition) is 0. The van der Waals surface area contributed by atoms with Gasteiger partial charge in [-0.3, -0.25) is 0 Å². The number of aromatic nitrogens is 3. The van der Waals surface area contributed by atoms with E-state index >= 15 is 0 Å². The normalized spacial score (nSPS) is 16.0. The van der Waals surface area contributed by atoms with Crippen molar-refractivity contribution in [1.29, 1.82) is 0 Å². The molecule has 208 valence electrons. The highest BCUT2D eigenvalue weighted by Crippen LogP contribution is 2.39. The van der Waals surface area contributed by atoms with E-state index in [1.54, 1.807) is 0 Å². The lowest BCUT2D eigenvalue weighted by Crippen LogP contribution is -2.41. The van der Waals surface area contributed by atoms with Gasteiger partial charge in [-0.2, -0.15) is 0 Å². The van der Waals surface area contributed by atoms with Crippen molar-refractivity contribution < 1.29 is 9.31 Å². The molecular weight excluding hydrogens is 529 g/mol. The molecule has 2 heterocycles. The molecule has 43 heavy (non-hydrogen) atoms. The van der Waals surface area contributed by atoms with E-state index in [4.69, 9.17) is 24.3 Å². The summed E-state index contributed by atoms with van der Waals surface area (Å²) in [5, 5.41) is 7.12. The van der Waals surface area contributed by atoms with Crippen molar-refractivity contribution in [3.63, 3.8) is 0 Å². The Morgan fingerprint density at radius 3 is 1.26 bits per heavy atom. The third-order valence-corrected chi connectivity index (χ3v) is 9.04. The van der Waals surface area contributed by atoms with E-state index in [1.165, 1.54) is 21.5 Å². The maximum absolute atomic E-state index is 6.38. The van der Waals surface area contributed by atoms with Gasteiger partial charge in [-0.1, -0.05) is 97.1 Å². The summed E-state index contributed by atoms with van der Waals surface area (Å²) in [4.78, 5) is 14.8. The van der Waals surface area contributed by atoms with E-state index in [-0.39, 0.29) is 11.2 Å². The van der Waals surface area contributed by atoms with Gasteiger partial charge in [0.25, 0.3) is 0 Å². The minimum absolute atomic E-state index is 0.386. The second kappa shape index (κ2) is 9.43. The van der Waals surface area contributed by atoms with Gasteiger partial charge >= 0.3 is 7.12 Å². The van der Waals surface area contributed by atoms with E-state index in [1.807, 2.05) is 60.7 Å². The standard InChI is InChI=1S/C37H30BN3O2/c1-36(2)37(3,4)43-38(42-36)30-21-27-17-15-25-19-29(20-26-16-18-28(22-30)32(27)31(25)26)35-40-33(23-11-7-5-8-12-23)39-34(41-35)24-13-9-6-10-14-24/h5-22H,1-4H3. The highest BCUT2D eigenvalue weighted by Gasteiger charge is 2.51. The zero-order valence-electron chi connectivity index (χ0n) is 24.6. The van der Waals surface area contributed by atoms with Gasteiger partial charge < -0.3 is 9.31 Å². The van der Waals surface area contributed by atoms with Gasteiger partial charge in [0, 0.05) is 16.7 Å². The van der Waals surface area contributed by atoms with Crippen LogP contribution in [-0.2, 0) is 9.31 Å². The molecule has 7 aromatic rings. The molecule has 1 aromatic heterocycles. The Morgan fingerprint density at radius 1 is 0.465 bits per heavy atom. The van der Waals surface area contributed by atoms with E-state index in [2.05, 4.69) is 76.2 Å². The first kappa shape index (κ1) is 26.0. The van der Waals surface area contributed by atoms with Gasteiger partial charge in [-0.15, -0.1) is 0 Å². The van der Waals surface area contributed by atoms with Crippen LogP contribution in [-0.4, -0.2) is 33.3 Å². The van der Waals surface area contributed by atoms with Crippen molar-refractivity contribution in [3.8, 4) is 34.2 Å². The zero-order chi connectivity index (χ0) is 29.3. The Bertz CT molecular complexity index is 2010. The van der Waals surface area contributed by atoms with E-state index in [9.17, 15) is 0 Å². The summed E-state index contributed by atoms with van der Waals surface area (Å²) in [6, 6.07) is 37.8. The Morgan fingerprint density at radius 2 is 0.837 bits per heavy atom. The second-order valence-corrected chi connectivity index (χ2v) is 12.4. The maximum atomic E-state index is 6.38. The minimum Gasteiger partial charge on any atom is -0.399 e. The monoisotopic (exact) mass is 559 g/mol. The smallest absolute Gasteiger partial charge is 0.399 e. The van der Waals surface area contributed by atoms with Gasteiger partial charge in [0.1, 0.15) is 0 Å². The summed E-state index contributed by atoms with van der Waals surface area (Å²) in [7, 11) is -0.403. The van der Waals surface area contributed by atoms with Crippen LogP contribution in [0.3, 0.4) is 0 Å². The largest absolute Gasteiger partial charge is 0.494 e. The molecule has 1 fully saturated rings. The summed E-state index contributed by atoms with van der Waals surface area (Å²) < 4.78 is 12.8. The molecule has 6 heteroatoms. The molecule has 1 saturated heterocycles. The van der Waals surface area contributed by atoms with E-state index < -0.39 is 7.12 Å². The van der Waals surface area contributed by atoms with Crippen LogP contribution in [0.2, 0.25) is 0 Å².